The van der Waals surface area contributed by atoms with Crippen LogP contribution in [-0.4, -0.2) is 37.1 Å². The minimum Gasteiger partial charge on any atom is -0.318 e. The topological polar surface area (TPSA) is 15.3 Å². The Morgan fingerprint density at radius 2 is 1.84 bits per heavy atom. The molecular weight excluding hydrogens is 232 g/mol. The molecule has 2 heteroatoms. The van der Waals surface area contributed by atoms with Crippen molar-refractivity contribution in [3.8, 4) is 0 Å². The molecule has 2 aliphatic rings. The van der Waals surface area contributed by atoms with E-state index < -0.39 is 0 Å². The van der Waals surface area contributed by atoms with Crippen LogP contribution in [0.5, 0.6) is 0 Å². The lowest BCUT2D eigenvalue weighted by Crippen LogP contribution is -2.50. The fraction of sp³-hybridized carbons (Fsp3) is 1.00. The summed E-state index contributed by atoms with van der Waals surface area (Å²) in [6, 6.07) is 1.68. The Morgan fingerprint density at radius 3 is 2.58 bits per heavy atom. The van der Waals surface area contributed by atoms with Gasteiger partial charge in [0.25, 0.3) is 0 Å². The van der Waals surface area contributed by atoms with Gasteiger partial charge in [0.2, 0.25) is 0 Å². The molecule has 1 heterocycles. The molecule has 1 aliphatic heterocycles. The molecule has 0 aromatic heterocycles. The van der Waals surface area contributed by atoms with Gasteiger partial charge in [0.1, 0.15) is 0 Å². The van der Waals surface area contributed by atoms with Crippen molar-refractivity contribution in [2.45, 2.75) is 77.3 Å². The molecule has 2 fully saturated rings. The third-order valence-electron chi connectivity index (χ3n) is 5.51. The summed E-state index contributed by atoms with van der Waals surface area (Å²) in [7, 11) is 2.11. The van der Waals surface area contributed by atoms with Crippen molar-refractivity contribution in [3.63, 3.8) is 0 Å². The summed E-state index contributed by atoms with van der Waals surface area (Å²) in [4.78, 5) is 2.86. The molecule has 3 atom stereocenters. The van der Waals surface area contributed by atoms with Gasteiger partial charge in [0, 0.05) is 18.6 Å². The molecule has 2 nitrogen and oxygen atoms in total. The molecule has 19 heavy (non-hydrogen) atoms. The molecule has 1 saturated carbocycles. The number of piperidine rings is 1. The number of hydrogen-bond acceptors (Lipinski definition) is 2. The van der Waals surface area contributed by atoms with E-state index >= 15 is 0 Å². The van der Waals surface area contributed by atoms with E-state index in [1.165, 1.54) is 64.5 Å². The van der Waals surface area contributed by atoms with Gasteiger partial charge in [-0.3, -0.25) is 4.90 Å². The number of likely N-dealkylation sites (tertiary alicyclic amines) is 1. The minimum absolute atomic E-state index is 0.805. The largest absolute Gasteiger partial charge is 0.318 e. The lowest BCUT2D eigenvalue weighted by Gasteiger charge is -2.41. The van der Waals surface area contributed by atoms with Gasteiger partial charge in [0.15, 0.2) is 0 Å². The highest BCUT2D eigenvalue weighted by atomic mass is 15.2. The lowest BCUT2D eigenvalue weighted by molar-refractivity contribution is 0.0846. The van der Waals surface area contributed by atoms with Gasteiger partial charge in [-0.05, 0) is 57.5 Å². The maximum absolute atomic E-state index is 3.41. The second kappa shape index (κ2) is 7.64. The van der Waals surface area contributed by atoms with Crippen LogP contribution in [0.1, 0.15) is 65.2 Å². The molecule has 0 bridgehead atoms. The van der Waals surface area contributed by atoms with E-state index in [-0.39, 0.29) is 0 Å². The van der Waals surface area contributed by atoms with Gasteiger partial charge in [-0.15, -0.1) is 0 Å². The van der Waals surface area contributed by atoms with E-state index in [4.69, 9.17) is 0 Å². The van der Waals surface area contributed by atoms with Gasteiger partial charge in [-0.1, -0.05) is 33.1 Å². The zero-order valence-electron chi connectivity index (χ0n) is 13.3. The van der Waals surface area contributed by atoms with Crippen molar-refractivity contribution in [2.24, 2.45) is 11.8 Å². The van der Waals surface area contributed by atoms with Gasteiger partial charge in [0.05, 0.1) is 0 Å². The van der Waals surface area contributed by atoms with Crippen molar-refractivity contribution < 1.29 is 0 Å². The molecule has 3 unspecified atom stereocenters. The maximum Gasteiger partial charge on any atom is 0.0223 e. The molecular formula is C17H34N2. The first kappa shape index (κ1) is 15.3. The van der Waals surface area contributed by atoms with Gasteiger partial charge in [-0.2, -0.15) is 0 Å². The molecule has 0 spiro atoms. The predicted molar refractivity (Wildman–Crippen MR) is 83.5 cm³/mol. The van der Waals surface area contributed by atoms with Crippen molar-refractivity contribution in [1.29, 1.82) is 0 Å². The van der Waals surface area contributed by atoms with Crippen molar-refractivity contribution >= 4 is 0 Å². The van der Waals surface area contributed by atoms with Crippen LogP contribution < -0.4 is 5.32 Å². The average Bonchev–Trinajstić information content (AvgIpc) is 2.65. The third-order valence-corrected chi connectivity index (χ3v) is 5.51. The number of rotatable bonds is 4. The van der Waals surface area contributed by atoms with Crippen LogP contribution in [0, 0.1) is 11.8 Å². The van der Waals surface area contributed by atoms with Gasteiger partial charge < -0.3 is 5.32 Å². The molecule has 2 rings (SSSR count). The smallest absolute Gasteiger partial charge is 0.0223 e. The van der Waals surface area contributed by atoms with Gasteiger partial charge >= 0.3 is 0 Å². The monoisotopic (exact) mass is 266 g/mol. The lowest BCUT2D eigenvalue weighted by atomic mass is 9.88. The molecule has 112 valence electrons. The SMILES string of the molecule is CNCC1CCCCN1C1CCCC(C(C)C)CC1. The average molecular weight is 266 g/mol. The number of nitrogens with one attached hydrogen (secondary N) is 1. The fourth-order valence-corrected chi connectivity index (χ4v) is 4.27. The van der Waals surface area contributed by atoms with Crippen LogP contribution in [0.2, 0.25) is 0 Å². The summed E-state index contributed by atoms with van der Waals surface area (Å²) in [6.07, 6.45) is 11.5. The Kier molecular flexibility index (Phi) is 6.15. The van der Waals surface area contributed by atoms with Crippen LogP contribution in [0.15, 0.2) is 0 Å². The Labute approximate surface area is 120 Å². The first-order chi connectivity index (χ1) is 9.22. The first-order valence-electron chi connectivity index (χ1n) is 8.62. The second-order valence-electron chi connectivity index (χ2n) is 7.11. The van der Waals surface area contributed by atoms with Gasteiger partial charge in [-0.25, -0.2) is 0 Å². The summed E-state index contributed by atoms with van der Waals surface area (Å²) in [6.45, 7) is 7.36. The first-order valence-corrected chi connectivity index (χ1v) is 8.62. The van der Waals surface area contributed by atoms with Crippen LogP contribution >= 0.6 is 0 Å². The van der Waals surface area contributed by atoms with Crippen LogP contribution in [-0.2, 0) is 0 Å². The highest BCUT2D eigenvalue weighted by molar-refractivity contribution is 4.86. The number of likely N-dealkylation sites (N-methyl/N-ethyl adjacent to an activating group) is 1. The molecule has 0 amide bonds. The molecule has 1 aliphatic carbocycles. The predicted octanol–water partition coefficient (Wildman–Crippen LogP) is 3.67. The summed E-state index contributed by atoms with van der Waals surface area (Å²) in [5, 5.41) is 3.41. The Morgan fingerprint density at radius 1 is 1.00 bits per heavy atom. The number of hydrogen-bond donors (Lipinski definition) is 1. The molecule has 0 radical (unpaired) electrons. The van der Waals surface area contributed by atoms with E-state index in [2.05, 4.69) is 31.1 Å². The summed E-state index contributed by atoms with van der Waals surface area (Å²) in [5.41, 5.74) is 0. The maximum atomic E-state index is 3.41. The van der Waals surface area contributed by atoms with Crippen LogP contribution in [0.25, 0.3) is 0 Å². The third kappa shape index (κ3) is 4.19. The van der Waals surface area contributed by atoms with Crippen LogP contribution in [0.3, 0.4) is 0 Å². The van der Waals surface area contributed by atoms with Crippen LogP contribution in [0.4, 0.5) is 0 Å². The zero-order chi connectivity index (χ0) is 13.7. The standard InChI is InChI=1S/C17H34N2/c1-14(2)15-7-6-9-16(11-10-15)19-12-5-4-8-17(19)13-18-3/h14-18H,4-13H2,1-3H3. The Bertz CT molecular complexity index is 250. The minimum atomic E-state index is 0.805. The van der Waals surface area contributed by atoms with E-state index in [0.29, 0.717) is 0 Å². The Hall–Kier alpha value is -0.0800. The normalized spacial score (nSPS) is 34.4. The molecule has 0 aromatic rings. The highest BCUT2D eigenvalue weighted by Crippen LogP contribution is 2.33. The van der Waals surface area contributed by atoms with E-state index in [1.54, 1.807) is 0 Å². The highest BCUT2D eigenvalue weighted by Gasteiger charge is 2.30. The summed E-state index contributed by atoms with van der Waals surface area (Å²) < 4.78 is 0. The number of nitrogens with zero attached hydrogens (tertiary/aromatic N) is 1. The molecule has 1 saturated heterocycles. The van der Waals surface area contributed by atoms with Crippen molar-refractivity contribution in [2.75, 3.05) is 20.1 Å². The van der Waals surface area contributed by atoms with Crippen molar-refractivity contribution in [3.05, 3.63) is 0 Å². The van der Waals surface area contributed by atoms with E-state index in [1.807, 2.05) is 0 Å². The van der Waals surface area contributed by atoms with Crippen molar-refractivity contribution in [1.82, 2.24) is 10.2 Å². The summed E-state index contributed by atoms with van der Waals surface area (Å²) >= 11 is 0. The summed E-state index contributed by atoms with van der Waals surface area (Å²) in [5.74, 6) is 1.87. The second-order valence-corrected chi connectivity index (χ2v) is 7.11. The van der Waals surface area contributed by atoms with E-state index in [0.717, 1.165) is 23.9 Å². The zero-order valence-corrected chi connectivity index (χ0v) is 13.3. The molecule has 1 N–H and O–H groups in total. The Balaban J connectivity index is 1.92. The quantitative estimate of drug-likeness (QED) is 0.781. The fourth-order valence-electron chi connectivity index (χ4n) is 4.27. The van der Waals surface area contributed by atoms with E-state index in [9.17, 15) is 0 Å². The molecule has 0 aromatic carbocycles.